The van der Waals surface area contributed by atoms with E-state index < -0.39 is 16.0 Å². The zero-order chi connectivity index (χ0) is 16.0. The monoisotopic (exact) mass is 312 g/mol. The second-order valence-corrected chi connectivity index (χ2v) is 6.41. The average molecular weight is 312 g/mol. The van der Waals surface area contributed by atoms with Crippen LogP contribution in [0.25, 0.3) is 0 Å². The average Bonchev–Trinajstić information content (AvgIpc) is 2.83. The Kier molecular flexibility index (Phi) is 6.00. The van der Waals surface area contributed by atoms with Gasteiger partial charge in [-0.25, -0.2) is 17.9 Å². The first-order chi connectivity index (χ1) is 9.85. The molecule has 1 aromatic rings. The van der Waals surface area contributed by atoms with E-state index in [2.05, 4.69) is 10.6 Å². The van der Waals surface area contributed by atoms with E-state index in [0.717, 1.165) is 0 Å². The van der Waals surface area contributed by atoms with Crippen molar-refractivity contribution in [2.75, 3.05) is 0 Å². The highest BCUT2D eigenvalue weighted by molar-refractivity contribution is 7.89. The van der Waals surface area contributed by atoms with Gasteiger partial charge in [0, 0.05) is 25.2 Å². The lowest BCUT2D eigenvalue weighted by Crippen LogP contribution is -2.33. The van der Waals surface area contributed by atoms with Gasteiger partial charge in [-0.05, 0) is 18.9 Å². The zero-order valence-corrected chi connectivity index (χ0v) is 13.0. The normalized spacial score (nSPS) is 12.8. The summed E-state index contributed by atoms with van der Waals surface area (Å²) in [7, 11) is -3.78. The highest BCUT2D eigenvalue weighted by Crippen LogP contribution is 2.16. The van der Waals surface area contributed by atoms with Gasteiger partial charge >= 0.3 is 5.97 Å². The molecule has 1 aromatic heterocycles. The van der Waals surface area contributed by atoms with E-state index >= 15 is 0 Å². The van der Waals surface area contributed by atoms with Crippen molar-refractivity contribution in [3.8, 4) is 12.3 Å². The number of nitrogens with zero attached hydrogens (tertiary/aromatic N) is 1. The molecule has 0 fully saturated rings. The molecule has 0 bridgehead atoms. The van der Waals surface area contributed by atoms with Crippen LogP contribution in [0.2, 0.25) is 0 Å². The molecule has 2 N–H and O–H groups in total. The molecule has 6 nitrogen and oxygen atoms in total. The molecule has 0 amide bonds. The Morgan fingerprint density at radius 2 is 2.19 bits per heavy atom. The van der Waals surface area contributed by atoms with Crippen LogP contribution < -0.4 is 4.72 Å². The summed E-state index contributed by atoms with van der Waals surface area (Å²) < 4.78 is 28.5. The molecular formula is C14H20N2O4S. The fourth-order valence-electron chi connectivity index (χ4n) is 1.93. The topological polar surface area (TPSA) is 88.4 Å². The maximum atomic E-state index is 12.3. The number of carboxylic acids is 1. The first-order valence-corrected chi connectivity index (χ1v) is 8.23. The molecule has 0 aromatic carbocycles. The van der Waals surface area contributed by atoms with Gasteiger partial charge in [0.15, 0.2) is 0 Å². The van der Waals surface area contributed by atoms with Crippen LogP contribution in [0.5, 0.6) is 0 Å². The van der Waals surface area contributed by atoms with Crippen LogP contribution in [0.1, 0.15) is 43.6 Å². The van der Waals surface area contributed by atoms with Crippen molar-refractivity contribution in [3.63, 3.8) is 0 Å². The summed E-state index contributed by atoms with van der Waals surface area (Å²) in [5.41, 5.74) is -0.0396. The van der Waals surface area contributed by atoms with E-state index in [9.17, 15) is 13.2 Å². The van der Waals surface area contributed by atoms with Crippen molar-refractivity contribution in [2.24, 2.45) is 0 Å². The number of carbonyl (C=O) groups is 1. The van der Waals surface area contributed by atoms with Crippen molar-refractivity contribution in [1.29, 1.82) is 0 Å². The fourth-order valence-corrected chi connectivity index (χ4v) is 3.29. The predicted octanol–water partition coefficient (Wildman–Crippen LogP) is 1.68. The summed E-state index contributed by atoms with van der Waals surface area (Å²) >= 11 is 0. The van der Waals surface area contributed by atoms with Gasteiger partial charge in [0.1, 0.15) is 10.6 Å². The second-order valence-electron chi connectivity index (χ2n) is 4.69. The van der Waals surface area contributed by atoms with E-state index in [4.69, 9.17) is 11.5 Å². The van der Waals surface area contributed by atoms with Crippen molar-refractivity contribution < 1.29 is 18.3 Å². The van der Waals surface area contributed by atoms with Crippen molar-refractivity contribution >= 4 is 16.0 Å². The highest BCUT2D eigenvalue weighted by Gasteiger charge is 2.23. The summed E-state index contributed by atoms with van der Waals surface area (Å²) in [5, 5.41) is 9.12. The molecule has 7 heteroatoms. The highest BCUT2D eigenvalue weighted by atomic mass is 32.2. The number of nitrogens with one attached hydrogen (secondary N) is 1. The first-order valence-electron chi connectivity index (χ1n) is 6.74. The summed E-state index contributed by atoms with van der Waals surface area (Å²) in [5.74, 6) is 1.27. The van der Waals surface area contributed by atoms with Gasteiger partial charge in [0.2, 0.25) is 10.0 Å². The molecule has 116 valence electrons. The Bertz CT molecular complexity index is 640. The maximum Gasteiger partial charge on any atom is 0.352 e. The Labute approximate surface area is 125 Å². The van der Waals surface area contributed by atoms with Crippen LogP contribution in [0.4, 0.5) is 0 Å². The number of aryl methyl sites for hydroxylation is 1. The standard InChI is InChI=1S/C14H20N2O4S/c1-4-7-11(6-3)15-21(19,20)12-9-13(14(17)18)16(10-12)8-5-2/h1,9-11,15H,5-8H2,2-3H3,(H,17,18). The number of terminal acetylenes is 1. The molecule has 1 heterocycles. The minimum atomic E-state index is -3.78. The third kappa shape index (κ3) is 4.34. The molecule has 1 unspecified atom stereocenters. The second kappa shape index (κ2) is 7.29. The number of carboxylic acid groups (broad SMARTS) is 1. The van der Waals surface area contributed by atoms with Crippen LogP contribution in [0.3, 0.4) is 0 Å². The Hall–Kier alpha value is -1.78. The Balaban J connectivity index is 3.11. The fraction of sp³-hybridized carbons (Fsp3) is 0.500. The molecule has 1 atom stereocenters. The van der Waals surface area contributed by atoms with Crippen LogP contribution >= 0.6 is 0 Å². The van der Waals surface area contributed by atoms with Gasteiger partial charge in [-0.2, -0.15) is 0 Å². The minimum Gasteiger partial charge on any atom is -0.477 e. The number of sulfonamides is 1. The van der Waals surface area contributed by atoms with Gasteiger partial charge < -0.3 is 9.67 Å². The lowest BCUT2D eigenvalue weighted by atomic mass is 10.2. The van der Waals surface area contributed by atoms with E-state index in [1.165, 1.54) is 16.8 Å². The van der Waals surface area contributed by atoms with Crippen molar-refractivity contribution in [1.82, 2.24) is 9.29 Å². The molecule has 0 aliphatic carbocycles. The lowest BCUT2D eigenvalue weighted by Gasteiger charge is -2.13. The summed E-state index contributed by atoms with van der Waals surface area (Å²) in [6, 6.07) is 0.811. The van der Waals surface area contributed by atoms with E-state index in [1.807, 2.05) is 13.8 Å². The summed E-state index contributed by atoms with van der Waals surface area (Å²) in [4.78, 5) is 11.1. The number of rotatable bonds is 8. The van der Waals surface area contributed by atoms with Crippen molar-refractivity contribution in [2.45, 2.75) is 50.6 Å². The Morgan fingerprint density at radius 1 is 1.52 bits per heavy atom. The van der Waals surface area contributed by atoms with Gasteiger partial charge in [-0.1, -0.05) is 13.8 Å². The molecule has 0 radical (unpaired) electrons. The molecule has 21 heavy (non-hydrogen) atoms. The number of aromatic nitrogens is 1. The van der Waals surface area contributed by atoms with Gasteiger partial charge in [-0.3, -0.25) is 0 Å². The lowest BCUT2D eigenvalue weighted by molar-refractivity contribution is 0.0685. The SMILES string of the molecule is C#CCC(CC)NS(=O)(=O)c1cc(C(=O)O)n(CCC)c1. The van der Waals surface area contributed by atoms with Crippen LogP contribution in [0, 0.1) is 12.3 Å². The van der Waals surface area contributed by atoms with Crippen LogP contribution in [0.15, 0.2) is 17.2 Å². The molecule has 0 aliphatic heterocycles. The van der Waals surface area contributed by atoms with Gasteiger partial charge in [0.05, 0.1) is 0 Å². The number of aromatic carboxylic acids is 1. The molecule has 0 saturated carbocycles. The largest absolute Gasteiger partial charge is 0.477 e. The molecular weight excluding hydrogens is 292 g/mol. The van der Waals surface area contributed by atoms with E-state index in [0.29, 0.717) is 19.4 Å². The van der Waals surface area contributed by atoms with Gasteiger partial charge in [0.25, 0.3) is 0 Å². The van der Waals surface area contributed by atoms with E-state index in [-0.39, 0.29) is 23.1 Å². The Morgan fingerprint density at radius 3 is 2.67 bits per heavy atom. The molecule has 1 rings (SSSR count). The first kappa shape index (κ1) is 17.3. The molecule has 0 saturated heterocycles. The predicted molar refractivity (Wildman–Crippen MR) is 79.5 cm³/mol. The third-order valence-corrected chi connectivity index (χ3v) is 4.53. The summed E-state index contributed by atoms with van der Waals surface area (Å²) in [6.07, 6.45) is 8.10. The molecule has 0 aliphatic rings. The number of hydrogen-bond donors (Lipinski definition) is 2. The molecule has 0 spiro atoms. The van der Waals surface area contributed by atoms with Gasteiger partial charge in [-0.15, -0.1) is 12.3 Å². The van der Waals surface area contributed by atoms with E-state index in [1.54, 1.807) is 0 Å². The minimum absolute atomic E-state index is 0.0396. The quantitative estimate of drug-likeness (QED) is 0.715. The van der Waals surface area contributed by atoms with Crippen LogP contribution in [-0.4, -0.2) is 30.1 Å². The van der Waals surface area contributed by atoms with Crippen molar-refractivity contribution in [3.05, 3.63) is 18.0 Å². The van der Waals surface area contributed by atoms with Crippen LogP contribution in [-0.2, 0) is 16.6 Å². The third-order valence-electron chi connectivity index (χ3n) is 3.04. The zero-order valence-electron chi connectivity index (χ0n) is 12.2. The smallest absolute Gasteiger partial charge is 0.352 e. The number of hydrogen-bond acceptors (Lipinski definition) is 3. The maximum absolute atomic E-state index is 12.3. The summed E-state index contributed by atoms with van der Waals surface area (Å²) in [6.45, 7) is 4.16.